The number of nitrogens with one attached hydrogen (secondary N) is 2. The van der Waals surface area contributed by atoms with Crippen LogP contribution in [-0.2, 0) is 11.8 Å². The van der Waals surface area contributed by atoms with E-state index in [2.05, 4.69) is 34.7 Å². The average Bonchev–Trinajstić information content (AvgIpc) is 2.80. The highest BCUT2D eigenvalue weighted by Crippen LogP contribution is 2.30. The fraction of sp³-hybridized carbons (Fsp3) is 0.824. The van der Waals surface area contributed by atoms with Gasteiger partial charge in [0.05, 0.1) is 6.04 Å². The third-order valence-electron chi connectivity index (χ3n) is 4.28. The van der Waals surface area contributed by atoms with E-state index in [4.69, 9.17) is 4.74 Å². The van der Waals surface area contributed by atoms with E-state index in [-0.39, 0.29) is 12.1 Å². The number of carbonyl (C=O) groups is 1. The molecule has 7 nitrogen and oxygen atoms in total. The summed E-state index contributed by atoms with van der Waals surface area (Å²) in [6, 6.07) is 0.654. The second kappa shape index (κ2) is 7.51. The van der Waals surface area contributed by atoms with Gasteiger partial charge < -0.3 is 19.9 Å². The molecule has 1 aliphatic rings. The molecule has 24 heavy (non-hydrogen) atoms. The summed E-state index contributed by atoms with van der Waals surface area (Å²) in [5, 5.41) is 14.8. The summed E-state index contributed by atoms with van der Waals surface area (Å²) in [6.07, 6.45) is 3.51. The van der Waals surface area contributed by atoms with Gasteiger partial charge in [-0.1, -0.05) is 13.8 Å². The minimum atomic E-state index is -0.450. The number of alkyl carbamates (subject to hydrolysis) is 1. The van der Waals surface area contributed by atoms with Gasteiger partial charge in [-0.2, -0.15) is 0 Å². The fourth-order valence-electron chi connectivity index (χ4n) is 2.97. The number of amides is 1. The smallest absolute Gasteiger partial charge is 0.407 e. The number of hydrogen-bond donors (Lipinski definition) is 2. The van der Waals surface area contributed by atoms with Gasteiger partial charge in [0.1, 0.15) is 17.8 Å². The van der Waals surface area contributed by atoms with Crippen molar-refractivity contribution in [2.45, 2.75) is 65.1 Å². The van der Waals surface area contributed by atoms with Crippen molar-refractivity contribution in [2.75, 3.05) is 6.54 Å². The van der Waals surface area contributed by atoms with Crippen LogP contribution in [0.3, 0.4) is 0 Å². The van der Waals surface area contributed by atoms with Gasteiger partial charge in [0.15, 0.2) is 0 Å². The highest BCUT2D eigenvalue weighted by atomic mass is 16.6. The van der Waals surface area contributed by atoms with Gasteiger partial charge >= 0.3 is 6.09 Å². The number of aromatic nitrogens is 3. The lowest BCUT2D eigenvalue weighted by atomic mass is 9.79. The normalized spacial score (nSPS) is 22.1. The van der Waals surface area contributed by atoms with Crippen LogP contribution in [0.25, 0.3) is 0 Å². The van der Waals surface area contributed by atoms with E-state index in [0.717, 1.165) is 18.7 Å². The Bertz CT molecular complexity index is 543. The van der Waals surface area contributed by atoms with Crippen LogP contribution in [0, 0.1) is 11.8 Å². The Morgan fingerprint density at radius 2 is 2.08 bits per heavy atom. The Hall–Kier alpha value is -1.63. The molecule has 0 bridgehead atoms. The van der Waals surface area contributed by atoms with Crippen LogP contribution >= 0.6 is 0 Å². The first-order valence-electron chi connectivity index (χ1n) is 8.72. The molecule has 1 fully saturated rings. The van der Waals surface area contributed by atoms with E-state index >= 15 is 0 Å². The Morgan fingerprint density at radius 3 is 2.58 bits per heavy atom. The topological polar surface area (TPSA) is 81.1 Å². The number of nitrogens with zero attached hydrogens (tertiary/aromatic N) is 3. The van der Waals surface area contributed by atoms with Crippen molar-refractivity contribution < 1.29 is 9.53 Å². The Kier molecular flexibility index (Phi) is 5.85. The molecule has 7 heteroatoms. The largest absolute Gasteiger partial charge is 0.444 e. The van der Waals surface area contributed by atoms with E-state index in [9.17, 15) is 4.79 Å². The first-order valence-corrected chi connectivity index (χ1v) is 8.72. The summed E-state index contributed by atoms with van der Waals surface area (Å²) in [6.45, 7) is 10.7. The first kappa shape index (κ1) is 18.7. The van der Waals surface area contributed by atoms with Gasteiger partial charge in [-0.3, -0.25) is 0 Å². The molecular formula is C17H31N5O2. The zero-order valence-electron chi connectivity index (χ0n) is 15.7. The maximum atomic E-state index is 11.7. The van der Waals surface area contributed by atoms with Gasteiger partial charge in [0, 0.05) is 19.6 Å². The average molecular weight is 337 g/mol. The molecular weight excluding hydrogens is 306 g/mol. The molecule has 2 N–H and O–H groups in total. The van der Waals surface area contributed by atoms with Gasteiger partial charge in [-0.05, 0) is 45.4 Å². The minimum Gasteiger partial charge on any atom is -0.444 e. The molecule has 0 radical (unpaired) electrons. The van der Waals surface area contributed by atoms with Gasteiger partial charge in [0.25, 0.3) is 0 Å². The number of ether oxygens (including phenoxy) is 1. The van der Waals surface area contributed by atoms with Crippen molar-refractivity contribution in [2.24, 2.45) is 18.9 Å². The molecule has 1 aliphatic carbocycles. The summed E-state index contributed by atoms with van der Waals surface area (Å²) in [7, 11) is 1.97. The van der Waals surface area contributed by atoms with Gasteiger partial charge in [-0.15, -0.1) is 10.2 Å². The molecule has 1 atom stereocenters. The third kappa shape index (κ3) is 5.19. The van der Waals surface area contributed by atoms with Crippen molar-refractivity contribution in [3.05, 3.63) is 12.2 Å². The highest BCUT2D eigenvalue weighted by Gasteiger charge is 2.33. The molecule has 0 aliphatic heterocycles. The van der Waals surface area contributed by atoms with E-state index < -0.39 is 5.60 Å². The second-order valence-electron chi connectivity index (χ2n) is 8.11. The summed E-state index contributed by atoms with van der Waals surface area (Å²) in [4.78, 5) is 11.7. The van der Waals surface area contributed by atoms with Gasteiger partial charge in [-0.25, -0.2) is 4.79 Å². The molecule has 1 unspecified atom stereocenters. The SMILES string of the molecule is CC(C)C(NC1CC(CNC(=O)OC(C)(C)C)C1)c1nncn1C. The van der Waals surface area contributed by atoms with Gasteiger partial charge in [0.2, 0.25) is 0 Å². The van der Waals surface area contributed by atoms with Crippen molar-refractivity contribution >= 4 is 6.09 Å². The van der Waals surface area contributed by atoms with Crippen molar-refractivity contribution in [3.63, 3.8) is 0 Å². The van der Waals surface area contributed by atoms with Crippen molar-refractivity contribution in [1.82, 2.24) is 25.4 Å². The molecule has 0 spiro atoms. The molecule has 1 heterocycles. The summed E-state index contributed by atoms with van der Waals surface area (Å²) < 4.78 is 7.23. The summed E-state index contributed by atoms with van der Waals surface area (Å²) >= 11 is 0. The van der Waals surface area contributed by atoms with Crippen LogP contribution in [0.5, 0.6) is 0 Å². The maximum absolute atomic E-state index is 11.7. The first-order chi connectivity index (χ1) is 11.2. The van der Waals surface area contributed by atoms with E-state index in [1.54, 1.807) is 6.33 Å². The van der Waals surface area contributed by atoms with Crippen molar-refractivity contribution in [3.8, 4) is 0 Å². The Labute approximate surface area is 144 Å². The lowest BCUT2D eigenvalue weighted by molar-refractivity contribution is 0.0501. The predicted octanol–water partition coefficient (Wildman–Crippen LogP) is 2.41. The summed E-state index contributed by atoms with van der Waals surface area (Å²) in [5.41, 5.74) is -0.450. The molecule has 2 rings (SSSR count). The number of rotatable bonds is 6. The van der Waals surface area contributed by atoms with E-state index in [1.807, 2.05) is 32.4 Å². The zero-order chi connectivity index (χ0) is 17.9. The van der Waals surface area contributed by atoms with Crippen LogP contribution in [0.2, 0.25) is 0 Å². The quantitative estimate of drug-likeness (QED) is 0.833. The van der Waals surface area contributed by atoms with Crippen molar-refractivity contribution in [1.29, 1.82) is 0 Å². The number of aryl methyl sites for hydroxylation is 1. The zero-order valence-corrected chi connectivity index (χ0v) is 15.7. The molecule has 0 aromatic carbocycles. The van der Waals surface area contributed by atoms with Crippen LogP contribution in [-0.4, -0.2) is 39.0 Å². The van der Waals surface area contributed by atoms with Crippen LogP contribution in [0.15, 0.2) is 6.33 Å². The molecule has 0 saturated heterocycles. The molecule has 136 valence electrons. The fourth-order valence-corrected chi connectivity index (χ4v) is 2.97. The molecule has 1 amide bonds. The van der Waals surface area contributed by atoms with Crippen LogP contribution in [0.1, 0.15) is 59.3 Å². The Morgan fingerprint density at radius 1 is 1.42 bits per heavy atom. The lowest BCUT2D eigenvalue weighted by Gasteiger charge is -2.39. The van der Waals surface area contributed by atoms with Crippen LogP contribution < -0.4 is 10.6 Å². The minimum absolute atomic E-state index is 0.197. The second-order valence-corrected chi connectivity index (χ2v) is 8.11. The number of hydrogen-bond acceptors (Lipinski definition) is 5. The predicted molar refractivity (Wildman–Crippen MR) is 92.5 cm³/mol. The molecule has 1 saturated carbocycles. The highest BCUT2D eigenvalue weighted by molar-refractivity contribution is 5.67. The summed E-state index contributed by atoms with van der Waals surface area (Å²) in [5.74, 6) is 1.91. The van der Waals surface area contributed by atoms with E-state index in [0.29, 0.717) is 24.4 Å². The Balaban J connectivity index is 1.74. The lowest BCUT2D eigenvalue weighted by Crippen LogP contribution is -2.48. The third-order valence-corrected chi connectivity index (χ3v) is 4.28. The standard InChI is InChI=1S/C17H31N5O2/c1-11(2)14(15-21-19-10-22(15)6)20-13-7-12(8-13)9-18-16(23)24-17(3,4)5/h10-14,20H,7-9H2,1-6H3,(H,18,23). The maximum Gasteiger partial charge on any atom is 0.407 e. The monoisotopic (exact) mass is 337 g/mol. The van der Waals surface area contributed by atoms with Crippen LogP contribution in [0.4, 0.5) is 4.79 Å². The molecule has 1 aromatic heterocycles. The number of carbonyl (C=O) groups excluding carboxylic acids is 1. The molecule has 1 aromatic rings. The van der Waals surface area contributed by atoms with E-state index in [1.165, 1.54) is 0 Å².